The second-order valence-corrected chi connectivity index (χ2v) is 4.09. The number of nitrogens with one attached hydrogen (secondary N) is 1. The molecule has 0 bridgehead atoms. The fraction of sp³-hybridized carbons (Fsp3) is 0.0667. The van der Waals surface area contributed by atoms with Gasteiger partial charge in [-0.05, 0) is 31.2 Å². The van der Waals surface area contributed by atoms with Crippen LogP contribution in [0.1, 0.15) is 11.5 Å². The number of aryl methyl sites for hydroxylation is 1. The number of carbonyl (C=O) groups excluding carboxylic acids is 1. The van der Waals surface area contributed by atoms with Crippen molar-refractivity contribution in [2.45, 2.75) is 6.92 Å². The number of anilines is 1. The Balaban J connectivity index is 2.21. The summed E-state index contributed by atoms with van der Waals surface area (Å²) in [5.41, 5.74) is 0.136. The van der Waals surface area contributed by atoms with Crippen LogP contribution in [0.4, 0.5) is 5.69 Å². The lowest BCUT2D eigenvalue weighted by molar-refractivity contribution is -0.112. The molecular formula is C15H12N2O3. The van der Waals surface area contributed by atoms with Gasteiger partial charge < -0.3 is 14.8 Å². The summed E-state index contributed by atoms with van der Waals surface area (Å²) in [6, 6.07) is 11.5. The van der Waals surface area contributed by atoms with Gasteiger partial charge in [0.25, 0.3) is 5.91 Å². The second-order valence-electron chi connectivity index (χ2n) is 4.09. The number of aromatic hydroxyl groups is 1. The Morgan fingerprint density at radius 1 is 1.35 bits per heavy atom. The van der Waals surface area contributed by atoms with Crippen molar-refractivity contribution < 1.29 is 14.3 Å². The van der Waals surface area contributed by atoms with Crippen LogP contribution in [-0.2, 0) is 4.79 Å². The summed E-state index contributed by atoms with van der Waals surface area (Å²) < 4.78 is 5.28. The SMILES string of the molecule is Cc1ccc(/C=C(\C#N)C(=O)Nc2ccccc2O)o1. The van der Waals surface area contributed by atoms with Gasteiger partial charge in [-0.1, -0.05) is 12.1 Å². The van der Waals surface area contributed by atoms with Gasteiger partial charge in [0.1, 0.15) is 28.9 Å². The number of benzene rings is 1. The Labute approximate surface area is 115 Å². The first-order valence-corrected chi connectivity index (χ1v) is 5.87. The van der Waals surface area contributed by atoms with Crippen molar-refractivity contribution >= 4 is 17.7 Å². The summed E-state index contributed by atoms with van der Waals surface area (Å²) in [5.74, 6) is 0.441. The molecule has 0 radical (unpaired) electrons. The van der Waals surface area contributed by atoms with Gasteiger partial charge in [-0.25, -0.2) is 0 Å². The first kappa shape index (κ1) is 13.4. The second kappa shape index (κ2) is 5.76. The Hall–Kier alpha value is -3.00. The van der Waals surface area contributed by atoms with E-state index in [2.05, 4.69) is 5.32 Å². The molecule has 0 unspecified atom stereocenters. The number of phenolic OH excluding ortho intramolecular Hbond substituents is 1. The minimum absolute atomic E-state index is 0.0630. The number of rotatable bonds is 3. The van der Waals surface area contributed by atoms with Gasteiger partial charge in [0, 0.05) is 6.08 Å². The number of furan rings is 1. The zero-order valence-electron chi connectivity index (χ0n) is 10.8. The van der Waals surface area contributed by atoms with E-state index in [1.807, 2.05) is 0 Å². The number of carbonyl (C=O) groups is 1. The Morgan fingerprint density at radius 2 is 2.10 bits per heavy atom. The van der Waals surface area contributed by atoms with Crippen LogP contribution >= 0.6 is 0 Å². The number of nitriles is 1. The van der Waals surface area contributed by atoms with E-state index in [-0.39, 0.29) is 17.0 Å². The smallest absolute Gasteiger partial charge is 0.266 e. The van der Waals surface area contributed by atoms with E-state index in [1.54, 1.807) is 43.3 Å². The molecule has 0 saturated heterocycles. The average molecular weight is 268 g/mol. The van der Waals surface area contributed by atoms with E-state index >= 15 is 0 Å². The molecule has 5 nitrogen and oxygen atoms in total. The molecule has 2 N–H and O–H groups in total. The monoisotopic (exact) mass is 268 g/mol. The molecule has 1 aromatic heterocycles. The van der Waals surface area contributed by atoms with Crippen molar-refractivity contribution in [3.63, 3.8) is 0 Å². The molecule has 2 aromatic rings. The average Bonchev–Trinajstić information content (AvgIpc) is 2.84. The quantitative estimate of drug-likeness (QED) is 0.509. The number of para-hydroxylation sites is 2. The normalized spacial score (nSPS) is 10.9. The third kappa shape index (κ3) is 3.06. The van der Waals surface area contributed by atoms with Gasteiger partial charge in [0.2, 0.25) is 0 Å². The Morgan fingerprint density at radius 3 is 2.70 bits per heavy atom. The maximum atomic E-state index is 12.0. The summed E-state index contributed by atoms with van der Waals surface area (Å²) in [7, 11) is 0. The third-order valence-corrected chi connectivity index (χ3v) is 2.57. The van der Waals surface area contributed by atoms with Crippen LogP contribution in [0.3, 0.4) is 0 Å². The van der Waals surface area contributed by atoms with Crippen LogP contribution in [0.2, 0.25) is 0 Å². The molecule has 0 atom stereocenters. The van der Waals surface area contributed by atoms with Crippen molar-refractivity contribution in [2.75, 3.05) is 5.32 Å². The highest BCUT2D eigenvalue weighted by molar-refractivity contribution is 6.10. The highest BCUT2D eigenvalue weighted by Crippen LogP contribution is 2.22. The van der Waals surface area contributed by atoms with E-state index in [0.29, 0.717) is 11.5 Å². The van der Waals surface area contributed by atoms with Gasteiger partial charge in [-0.15, -0.1) is 0 Å². The van der Waals surface area contributed by atoms with Crippen LogP contribution in [-0.4, -0.2) is 11.0 Å². The molecule has 0 aliphatic heterocycles. The molecule has 1 heterocycles. The zero-order valence-corrected chi connectivity index (χ0v) is 10.8. The largest absolute Gasteiger partial charge is 0.506 e. The highest BCUT2D eigenvalue weighted by atomic mass is 16.3. The van der Waals surface area contributed by atoms with Crippen molar-refractivity contribution in [3.8, 4) is 11.8 Å². The number of nitrogens with zero attached hydrogens (tertiary/aromatic N) is 1. The van der Waals surface area contributed by atoms with Crippen molar-refractivity contribution in [2.24, 2.45) is 0 Å². The molecule has 20 heavy (non-hydrogen) atoms. The molecule has 0 aliphatic rings. The standard InChI is InChI=1S/C15H12N2O3/c1-10-6-7-12(20-10)8-11(9-16)15(19)17-13-4-2-3-5-14(13)18/h2-8,18H,1H3,(H,17,19)/b11-8+. The molecule has 5 heteroatoms. The molecule has 100 valence electrons. The topological polar surface area (TPSA) is 86.3 Å². The summed E-state index contributed by atoms with van der Waals surface area (Å²) in [4.78, 5) is 12.0. The zero-order chi connectivity index (χ0) is 14.5. The van der Waals surface area contributed by atoms with Crippen molar-refractivity contribution in [1.29, 1.82) is 5.26 Å². The summed E-state index contributed by atoms with van der Waals surface area (Å²) in [6.45, 7) is 1.77. The maximum absolute atomic E-state index is 12.0. The van der Waals surface area contributed by atoms with Crippen LogP contribution in [0, 0.1) is 18.3 Å². The van der Waals surface area contributed by atoms with Gasteiger partial charge in [0.05, 0.1) is 5.69 Å². The lowest BCUT2D eigenvalue weighted by Crippen LogP contribution is -2.13. The van der Waals surface area contributed by atoms with Crippen molar-refractivity contribution in [3.05, 3.63) is 53.5 Å². The van der Waals surface area contributed by atoms with E-state index in [4.69, 9.17) is 9.68 Å². The van der Waals surface area contributed by atoms with Crippen LogP contribution in [0.5, 0.6) is 5.75 Å². The Kier molecular flexibility index (Phi) is 3.87. The molecule has 0 aliphatic carbocycles. The lowest BCUT2D eigenvalue weighted by atomic mass is 10.2. The summed E-state index contributed by atoms with van der Waals surface area (Å²) in [5, 5.41) is 21.1. The van der Waals surface area contributed by atoms with E-state index < -0.39 is 5.91 Å². The number of amides is 1. The molecule has 0 saturated carbocycles. The minimum Gasteiger partial charge on any atom is -0.506 e. The first-order valence-electron chi connectivity index (χ1n) is 5.87. The molecule has 0 spiro atoms. The third-order valence-electron chi connectivity index (χ3n) is 2.57. The molecule has 2 rings (SSSR count). The highest BCUT2D eigenvalue weighted by Gasteiger charge is 2.12. The lowest BCUT2D eigenvalue weighted by Gasteiger charge is -2.05. The molecule has 0 fully saturated rings. The molecular weight excluding hydrogens is 256 g/mol. The summed E-state index contributed by atoms with van der Waals surface area (Å²) >= 11 is 0. The fourth-order valence-corrected chi connectivity index (χ4v) is 1.59. The first-order chi connectivity index (χ1) is 9.60. The number of phenols is 1. The fourth-order valence-electron chi connectivity index (χ4n) is 1.59. The van der Waals surface area contributed by atoms with Crippen LogP contribution in [0.25, 0.3) is 6.08 Å². The Bertz CT molecular complexity index is 708. The van der Waals surface area contributed by atoms with E-state index in [0.717, 1.165) is 0 Å². The van der Waals surface area contributed by atoms with Crippen molar-refractivity contribution in [1.82, 2.24) is 0 Å². The molecule has 1 aromatic carbocycles. The van der Waals surface area contributed by atoms with Gasteiger partial charge in [0.15, 0.2) is 0 Å². The van der Waals surface area contributed by atoms with Gasteiger partial charge in [-0.3, -0.25) is 4.79 Å². The van der Waals surface area contributed by atoms with Gasteiger partial charge in [-0.2, -0.15) is 5.26 Å². The van der Waals surface area contributed by atoms with Gasteiger partial charge >= 0.3 is 0 Å². The van der Waals surface area contributed by atoms with Crippen LogP contribution < -0.4 is 5.32 Å². The molecule has 1 amide bonds. The number of hydrogen-bond acceptors (Lipinski definition) is 4. The van der Waals surface area contributed by atoms with E-state index in [1.165, 1.54) is 12.1 Å². The maximum Gasteiger partial charge on any atom is 0.266 e. The predicted octanol–water partition coefficient (Wildman–Crippen LogP) is 2.84. The predicted molar refractivity (Wildman–Crippen MR) is 73.8 cm³/mol. The van der Waals surface area contributed by atoms with Crippen LogP contribution in [0.15, 0.2) is 46.4 Å². The summed E-state index contributed by atoms with van der Waals surface area (Å²) in [6.07, 6.45) is 1.35. The number of hydrogen-bond donors (Lipinski definition) is 2. The van der Waals surface area contributed by atoms with E-state index in [9.17, 15) is 9.90 Å². The minimum atomic E-state index is -0.608.